The van der Waals surface area contributed by atoms with Crippen molar-refractivity contribution >= 4 is 34.2 Å². The molecule has 0 aliphatic carbocycles. The molecule has 3 N–H and O–H groups in total. The van der Waals surface area contributed by atoms with Crippen LogP contribution in [0.1, 0.15) is 39.3 Å². The molecule has 0 amide bonds. The number of aromatic nitrogens is 1. The third kappa shape index (κ3) is 3.04. The minimum absolute atomic E-state index is 0. The average Bonchev–Trinajstić information content (AvgIpc) is 2.85. The van der Waals surface area contributed by atoms with Crippen molar-refractivity contribution < 1.29 is 5.11 Å². The van der Waals surface area contributed by atoms with Crippen molar-refractivity contribution in [2.24, 2.45) is 11.1 Å². The van der Waals surface area contributed by atoms with Crippen molar-refractivity contribution in [3.8, 4) is 0 Å². The van der Waals surface area contributed by atoms with Gasteiger partial charge >= 0.3 is 0 Å². The summed E-state index contributed by atoms with van der Waals surface area (Å²) in [5, 5.41) is 13.0. The number of aryl methyl sites for hydroxylation is 1. The Morgan fingerprint density at radius 2 is 1.67 bits per heavy atom. The first-order valence-electron chi connectivity index (χ1n) is 8.29. The van der Waals surface area contributed by atoms with E-state index < -0.39 is 6.10 Å². The van der Waals surface area contributed by atoms with E-state index in [4.69, 9.17) is 5.73 Å². The summed E-state index contributed by atoms with van der Waals surface area (Å²) in [6, 6.07) is 14.4. The lowest BCUT2D eigenvalue weighted by Crippen LogP contribution is -2.36. The van der Waals surface area contributed by atoms with E-state index in [-0.39, 0.29) is 23.9 Å². The first-order valence-corrected chi connectivity index (χ1v) is 8.29. The molecule has 0 spiro atoms. The van der Waals surface area contributed by atoms with Gasteiger partial charge in [0, 0.05) is 28.4 Å². The number of aliphatic hydroxyl groups is 1. The van der Waals surface area contributed by atoms with E-state index in [1.165, 1.54) is 21.8 Å². The summed E-state index contributed by atoms with van der Waals surface area (Å²) in [6.45, 7) is 9.13. The number of fused-ring (bicyclic) bond motifs is 3. The Morgan fingerprint density at radius 3 is 2.29 bits per heavy atom. The lowest BCUT2D eigenvalue weighted by Gasteiger charge is -2.31. The number of hydrogen-bond donors (Lipinski definition) is 2. The van der Waals surface area contributed by atoms with Gasteiger partial charge in [0.1, 0.15) is 0 Å². The summed E-state index contributed by atoms with van der Waals surface area (Å²) in [6.07, 6.45) is -0.584. The molecule has 0 radical (unpaired) electrons. The normalized spacial score (nSPS) is 14.6. The van der Waals surface area contributed by atoms with Crippen molar-refractivity contribution in [2.45, 2.75) is 46.4 Å². The maximum absolute atomic E-state index is 10.5. The number of aliphatic hydroxyl groups excluding tert-OH is 1. The summed E-state index contributed by atoms with van der Waals surface area (Å²) in [5.74, 6) is 0. The first kappa shape index (κ1) is 18.8. The van der Waals surface area contributed by atoms with Crippen molar-refractivity contribution in [3.63, 3.8) is 0 Å². The van der Waals surface area contributed by atoms with Crippen molar-refractivity contribution in [2.75, 3.05) is 0 Å². The Morgan fingerprint density at radius 1 is 1.04 bits per heavy atom. The van der Waals surface area contributed by atoms with Gasteiger partial charge in [0.25, 0.3) is 0 Å². The van der Waals surface area contributed by atoms with Gasteiger partial charge in [0.2, 0.25) is 0 Å². The summed E-state index contributed by atoms with van der Waals surface area (Å²) >= 11 is 0. The smallest absolute Gasteiger partial charge is 0.0780 e. The Hall–Kier alpha value is -1.55. The van der Waals surface area contributed by atoms with Crippen LogP contribution >= 0.6 is 12.4 Å². The molecular formula is C20H27ClN2O. The van der Waals surface area contributed by atoms with Gasteiger partial charge in [-0.25, -0.2) is 0 Å². The zero-order valence-electron chi connectivity index (χ0n) is 14.8. The Labute approximate surface area is 149 Å². The van der Waals surface area contributed by atoms with Crippen LogP contribution in [-0.2, 0) is 6.54 Å². The highest BCUT2D eigenvalue weighted by atomic mass is 35.5. The number of rotatable bonds is 3. The molecule has 1 aromatic heterocycles. The molecule has 24 heavy (non-hydrogen) atoms. The average molecular weight is 347 g/mol. The monoisotopic (exact) mass is 346 g/mol. The summed E-state index contributed by atoms with van der Waals surface area (Å²) in [5.41, 5.74) is 9.54. The lowest BCUT2D eigenvalue weighted by atomic mass is 9.82. The molecule has 2 aromatic carbocycles. The fraction of sp³-hybridized carbons (Fsp3) is 0.400. The lowest BCUT2D eigenvalue weighted by molar-refractivity contribution is 0.0401. The molecule has 0 aliphatic heterocycles. The molecule has 1 heterocycles. The van der Waals surface area contributed by atoms with Crippen LogP contribution in [-0.4, -0.2) is 15.8 Å². The molecule has 130 valence electrons. The highest BCUT2D eigenvalue weighted by Crippen LogP contribution is 2.33. The molecule has 2 atom stereocenters. The SMILES string of the molecule is CCn1c2ccccc2c2cc([C@@H](N)[C@@H](O)C(C)(C)C)ccc21.Cl. The minimum Gasteiger partial charge on any atom is -0.391 e. The number of hydrogen-bond acceptors (Lipinski definition) is 2. The van der Waals surface area contributed by atoms with Crippen LogP contribution in [0.5, 0.6) is 0 Å². The van der Waals surface area contributed by atoms with Gasteiger partial charge in [-0.15, -0.1) is 12.4 Å². The van der Waals surface area contributed by atoms with E-state index in [1.54, 1.807) is 0 Å². The van der Waals surface area contributed by atoms with E-state index >= 15 is 0 Å². The molecule has 0 unspecified atom stereocenters. The van der Waals surface area contributed by atoms with Crippen molar-refractivity contribution in [3.05, 3.63) is 48.0 Å². The number of halogens is 1. The number of nitrogens with two attached hydrogens (primary N) is 1. The largest absolute Gasteiger partial charge is 0.391 e. The Kier molecular flexibility index (Phi) is 5.28. The van der Waals surface area contributed by atoms with Gasteiger partial charge in [0.05, 0.1) is 12.1 Å². The summed E-state index contributed by atoms with van der Waals surface area (Å²) in [4.78, 5) is 0. The zero-order chi connectivity index (χ0) is 16.8. The van der Waals surface area contributed by atoms with Crippen LogP contribution in [0.2, 0.25) is 0 Å². The van der Waals surface area contributed by atoms with Crippen LogP contribution < -0.4 is 5.73 Å². The van der Waals surface area contributed by atoms with Gasteiger partial charge in [-0.3, -0.25) is 0 Å². The molecule has 0 bridgehead atoms. The molecule has 0 fully saturated rings. The number of benzene rings is 2. The number of para-hydroxylation sites is 1. The molecular weight excluding hydrogens is 320 g/mol. The van der Waals surface area contributed by atoms with Gasteiger partial charge in [0.15, 0.2) is 0 Å². The molecule has 3 aromatic rings. The van der Waals surface area contributed by atoms with Crippen LogP contribution in [0, 0.1) is 5.41 Å². The van der Waals surface area contributed by atoms with E-state index in [9.17, 15) is 5.11 Å². The minimum atomic E-state index is -0.584. The predicted molar refractivity (Wildman–Crippen MR) is 105 cm³/mol. The van der Waals surface area contributed by atoms with E-state index in [2.05, 4.69) is 47.9 Å². The molecule has 0 saturated heterocycles. The second-order valence-electron chi connectivity index (χ2n) is 7.37. The third-order valence-electron chi connectivity index (χ3n) is 4.73. The fourth-order valence-corrected chi connectivity index (χ4v) is 3.34. The second kappa shape index (κ2) is 6.75. The topological polar surface area (TPSA) is 51.2 Å². The zero-order valence-corrected chi connectivity index (χ0v) is 15.6. The standard InChI is InChI=1S/C20H26N2O.ClH/c1-5-22-16-9-7-6-8-14(16)15-12-13(10-11-17(15)22)18(21)19(23)20(2,3)4;/h6-12,18-19,23H,5,21H2,1-4H3;1H/t18-,19-;/m1./s1. The third-order valence-corrected chi connectivity index (χ3v) is 4.73. The van der Waals surface area contributed by atoms with Gasteiger partial charge in [-0.2, -0.15) is 0 Å². The van der Waals surface area contributed by atoms with Crippen molar-refractivity contribution in [1.29, 1.82) is 0 Å². The van der Waals surface area contributed by atoms with Gasteiger partial charge in [-0.1, -0.05) is 45.0 Å². The van der Waals surface area contributed by atoms with E-state index in [0.717, 1.165) is 12.1 Å². The summed E-state index contributed by atoms with van der Waals surface area (Å²) < 4.78 is 2.32. The fourth-order valence-electron chi connectivity index (χ4n) is 3.34. The van der Waals surface area contributed by atoms with Crippen molar-refractivity contribution in [1.82, 2.24) is 4.57 Å². The summed E-state index contributed by atoms with van der Waals surface area (Å²) in [7, 11) is 0. The molecule has 4 heteroatoms. The molecule has 3 rings (SSSR count). The molecule has 3 nitrogen and oxygen atoms in total. The van der Waals surface area contributed by atoms with Crippen LogP contribution in [0.4, 0.5) is 0 Å². The quantitative estimate of drug-likeness (QED) is 0.725. The van der Waals surface area contributed by atoms with Crippen LogP contribution in [0.3, 0.4) is 0 Å². The highest BCUT2D eigenvalue weighted by Gasteiger charge is 2.29. The van der Waals surface area contributed by atoms with E-state index in [0.29, 0.717) is 0 Å². The number of nitrogens with zero attached hydrogens (tertiary/aromatic N) is 1. The molecule has 0 saturated carbocycles. The Balaban J connectivity index is 0.00000208. The predicted octanol–water partition coefficient (Wildman–Crippen LogP) is 4.64. The second-order valence-corrected chi connectivity index (χ2v) is 7.37. The maximum Gasteiger partial charge on any atom is 0.0780 e. The van der Waals surface area contributed by atoms with Crippen LogP contribution in [0.15, 0.2) is 42.5 Å². The maximum atomic E-state index is 10.5. The van der Waals surface area contributed by atoms with E-state index in [1.807, 2.05) is 26.8 Å². The van der Waals surface area contributed by atoms with Gasteiger partial charge < -0.3 is 15.4 Å². The Bertz CT molecular complexity index is 848. The first-order chi connectivity index (χ1) is 10.8. The molecule has 0 aliphatic rings. The highest BCUT2D eigenvalue weighted by molar-refractivity contribution is 6.08. The van der Waals surface area contributed by atoms with Crippen LogP contribution in [0.25, 0.3) is 21.8 Å². The van der Waals surface area contributed by atoms with Gasteiger partial charge in [-0.05, 0) is 36.1 Å².